The van der Waals surface area contributed by atoms with E-state index in [9.17, 15) is 4.79 Å². The number of rotatable bonds is 3. The molecule has 30 heavy (non-hydrogen) atoms. The largest absolute Gasteiger partial charge is 0.324 e. The molecule has 0 unspecified atom stereocenters. The van der Waals surface area contributed by atoms with Crippen molar-refractivity contribution in [2.45, 2.75) is 109 Å². The SMILES string of the molecule is O=C(Nc1cnn2cccc2c1C1CCCCCCC1)C1CCCCCCCCC1. The first kappa shape index (κ1) is 21.4. The van der Waals surface area contributed by atoms with E-state index in [-0.39, 0.29) is 11.8 Å². The van der Waals surface area contributed by atoms with Gasteiger partial charge in [-0.05, 0) is 43.7 Å². The van der Waals surface area contributed by atoms with Crippen LogP contribution in [0.15, 0.2) is 24.5 Å². The second kappa shape index (κ2) is 11.0. The average molecular weight is 410 g/mol. The Bertz CT molecular complexity index is 794. The summed E-state index contributed by atoms with van der Waals surface area (Å²) in [6, 6.07) is 4.24. The summed E-state index contributed by atoms with van der Waals surface area (Å²) in [4.78, 5) is 13.3. The van der Waals surface area contributed by atoms with Gasteiger partial charge in [0.2, 0.25) is 5.91 Å². The first-order valence-corrected chi connectivity index (χ1v) is 12.6. The van der Waals surface area contributed by atoms with Crippen LogP contribution in [-0.4, -0.2) is 15.5 Å². The van der Waals surface area contributed by atoms with Gasteiger partial charge in [0.15, 0.2) is 0 Å². The van der Waals surface area contributed by atoms with E-state index in [4.69, 9.17) is 0 Å². The third-order valence-corrected chi connectivity index (χ3v) is 7.35. The molecule has 4 nitrogen and oxygen atoms in total. The monoisotopic (exact) mass is 409 g/mol. The Hall–Kier alpha value is -1.84. The summed E-state index contributed by atoms with van der Waals surface area (Å²) in [6.07, 6.45) is 24.0. The molecule has 4 rings (SSSR count). The molecular formula is C26H39N3O. The number of anilines is 1. The van der Waals surface area contributed by atoms with Gasteiger partial charge in [-0.2, -0.15) is 5.10 Å². The van der Waals surface area contributed by atoms with E-state index in [2.05, 4.69) is 22.5 Å². The van der Waals surface area contributed by atoms with E-state index in [0.717, 1.165) is 18.5 Å². The lowest BCUT2D eigenvalue weighted by Crippen LogP contribution is -2.24. The van der Waals surface area contributed by atoms with Gasteiger partial charge in [-0.1, -0.05) is 77.0 Å². The Morgan fingerprint density at radius 1 is 0.833 bits per heavy atom. The number of fused-ring (bicyclic) bond motifs is 1. The highest BCUT2D eigenvalue weighted by molar-refractivity contribution is 5.94. The molecule has 0 saturated heterocycles. The lowest BCUT2D eigenvalue weighted by atomic mass is 9.85. The summed E-state index contributed by atoms with van der Waals surface area (Å²) in [7, 11) is 0. The molecule has 0 aromatic carbocycles. The molecule has 1 N–H and O–H groups in total. The highest BCUT2D eigenvalue weighted by Crippen LogP contribution is 2.37. The molecule has 2 aromatic rings. The van der Waals surface area contributed by atoms with Crippen molar-refractivity contribution in [3.63, 3.8) is 0 Å². The number of nitrogens with one attached hydrogen (secondary N) is 1. The number of carbonyl (C=O) groups excluding carboxylic acids is 1. The van der Waals surface area contributed by atoms with Crippen molar-refractivity contribution in [3.05, 3.63) is 30.1 Å². The van der Waals surface area contributed by atoms with E-state index in [0.29, 0.717) is 5.92 Å². The van der Waals surface area contributed by atoms with Crippen LogP contribution in [0.1, 0.15) is 114 Å². The number of carbonyl (C=O) groups is 1. The number of nitrogens with zero attached hydrogens (tertiary/aromatic N) is 2. The lowest BCUT2D eigenvalue weighted by molar-refractivity contribution is -0.120. The Morgan fingerprint density at radius 2 is 1.40 bits per heavy atom. The molecule has 2 fully saturated rings. The fourth-order valence-corrected chi connectivity index (χ4v) is 5.59. The summed E-state index contributed by atoms with van der Waals surface area (Å²) >= 11 is 0. The van der Waals surface area contributed by atoms with Gasteiger partial charge in [0.1, 0.15) is 0 Å². The van der Waals surface area contributed by atoms with Crippen LogP contribution in [0.5, 0.6) is 0 Å². The van der Waals surface area contributed by atoms with Gasteiger partial charge in [-0.3, -0.25) is 4.79 Å². The van der Waals surface area contributed by atoms with E-state index < -0.39 is 0 Å². The van der Waals surface area contributed by atoms with Crippen molar-refractivity contribution in [2.75, 3.05) is 5.32 Å². The molecule has 2 aliphatic rings. The molecule has 0 radical (unpaired) electrons. The second-order valence-corrected chi connectivity index (χ2v) is 9.59. The third-order valence-electron chi connectivity index (χ3n) is 7.35. The van der Waals surface area contributed by atoms with Crippen LogP contribution in [0.3, 0.4) is 0 Å². The predicted octanol–water partition coefficient (Wildman–Crippen LogP) is 7.24. The molecule has 0 bridgehead atoms. The molecule has 2 heterocycles. The maximum atomic E-state index is 13.3. The zero-order valence-electron chi connectivity index (χ0n) is 18.6. The van der Waals surface area contributed by atoms with Gasteiger partial charge in [-0.15, -0.1) is 0 Å². The molecule has 2 aliphatic carbocycles. The lowest BCUT2D eigenvalue weighted by Gasteiger charge is -2.25. The predicted molar refractivity (Wildman–Crippen MR) is 124 cm³/mol. The van der Waals surface area contributed by atoms with Gasteiger partial charge in [0.05, 0.1) is 17.4 Å². The summed E-state index contributed by atoms with van der Waals surface area (Å²) in [6.45, 7) is 0. The molecule has 164 valence electrons. The van der Waals surface area contributed by atoms with Crippen molar-refractivity contribution in [1.82, 2.24) is 9.61 Å². The van der Waals surface area contributed by atoms with E-state index in [1.807, 2.05) is 16.9 Å². The topological polar surface area (TPSA) is 46.4 Å². The first-order chi connectivity index (χ1) is 14.8. The number of hydrogen-bond acceptors (Lipinski definition) is 2. The van der Waals surface area contributed by atoms with E-state index in [1.165, 1.54) is 101 Å². The summed E-state index contributed by atoms with van der Waals surface area (Å²) in [5, 5.41) is 7.96. The minimum absolute atomic E-state index is 0.149. The van der Waals surface area contributed by atoms with Crippen LogP contribution in [0.4, 0.5) is 5.69 Å². The minimum Gasteiger partial charge on any atom is -0.324 e. The van der Waals surface area contributed by atoms with Crippen molar-refractivity contribution in [2.24, 2.45) is 5.92 Å². The number of hydrogen-bond donors (Lipinski definition) is 1. The van der Waals surface area contributed by atoms with Crippen molar-refractivity contribution >= 4 is 17.1 Å². The molecule has 0 aliphatic heterocycles. The van der Waals surface area contributed by atoms with Crippen LogP contribution in [0.25, 0.3) is 5.52 Å². The van der Waals surface area contributed by atoms with Crippen molar-refractivity contribution < 1.29 is 4.79 Å². The standard InChI is InChI=1S/C26H39N3O/c30-26(22-16-11-5-2-1-3-6-12-17-22)28-23-20-27-29-19-13-18-24(29)25(23)21-14-9-7-4-8-10-15-21/h13,18-22H,1-12,14-17H2,(H,28,30). The summed E-state index contributed by atoms with van der Waals surface area (Å²) in [5.41, 5.74) is 3.46. The van der Waals surface area contributed by atoms with Gasteiger partial charge in [0.25, 0.3) is 0 Å². The second-order valence-electron chi connectivity index (χ2n) is 9.59. The molecule has 2 saturated carbocycles. The van der Waals surface area contributed by atoms with Crippen LogP contribution >= 0.6 is 0 Å². The Balaban J connectivity index is 1.55. The minimum atomic E-state index is 0.149. The van der Waals surface area contributed by atoms with Crippen LogP contribution in [-0.2, 0) is 4.79 Å². The maximum Gasteiger partial charge on any atom is 0.227 e. The van der Waals surface area contributed by atoms with Crippen LogP contribution in [0, 0.1) is 5.92 Å². The van der Waals surface area contributed by atoms with Crippen LogP contribution < -0.4 is 5.32 Å². The normalized spacial score (nSPS) is 21.1. The molecule has 0 atom stereocenters. The highest BCUT2D eigenvalue weighted by atomic mass is 16.1. The summed E-state index contributed by atoms with van der Waals surface area (Å²) < 4.78 is 1.98. The van der Waals surface area contributed by atoms with Crippen molar-refractivity contribution in [3.8, 4) is 0 Å². The quantitative estimate of drug-likeness (QED) is 0.580. The Labute approximate surface area is 181 Å². The fraction of sp³-hybridized carbons (Fsp3) is 0.692. The zero-order valence-corrected chi connectivity index (χ0v) is 18.6. The van der Waals surface area contributed by atoms with Gasteiger partial charge in [-0.25, -0.2) is 4.52 Å². The van der Waals surface area contributed by atoms with Gasteiger partial charge >= 0.3 is 0 Å². The molecular weight excluding hydrogens is 370 g/mol. The molecule has 4 heteroatoms. The first-order valence-electron chi connectivity index (χ1n) is 12.6. The number of aromatic nitrogens is 2. The van der Waals surface area contributed by atoms with E-state index >= 15 is 0 Å². The van der Waals surface area contributed by atoms with Crippen LogP contribution in [0.2, 0.25) is 0 Å². The average Bonchev–Trinajstić information content (AvgIpc) is 3.21. The fourth-order valence-electron chi connectivity index (χ4n) is 5.59. The van der Waals surface area contributed by atoms with Gasteiger partial charge in [0, 0.05) is 17.7 Å². The summed E-state index contributed by atoms with van der Waals surface area (Å²) in [5.74, 6) is 0.890. The molecule has 2 aromatic heterocycles. The third kappa shape index (κ3) is 5.44. The molecule has 0 spiro atoms. The van der Waals surface area contributed by atoms with Crippen molar-refractivity contribution in [1.29, 1.82) is 0 Å². The smallest absolute Gasteiger partial charge is 0.227 e. The number of amides is 1. The Morgan fingerprint density at radius 3 is 2.03 bits per heavy atom. The highest BCUT2D eigenvalue weighted by Gasteiger charge is 2.24. The zero-order chi connectivity index (χ0) is 20.6. The van der Waals surface area contributed by atoms with Gasteiger partial charge < -0.3 is 5.32 Å². The molecule has 1 amide bonds. The Kier molecular flexibility index (Phi) is 7.82. The van der Waals surface area contributed by atoms with E-state index in [1.54, 1.807) is 0 Å². The maximum absolute atomic E-state index is 13.3.